The molecule has 0 atom stereocenters. The van der Waals surface area contributed by atoms with E-state index in [1.807, 2.05) is 0 Å². The summed E-state index contributed by atoms with van der Waals surface area (Å²) in [4.78, 5) is 12.0. The van der Waals surface area contributed by atoms with Crippen molar-refractivity contribution >= 4 is 27.7 Å². The zero-order valence-corrected chi connectivity index (χ0v) is 11.9. The average Bonchev–Trinajstić information content (AvgIpc) is 2.77. The van der Waals surface area contributed by atoms with E-state index in [0.29, 0.717) is 15.9 Å². The van der Waals surface area contributed by atoms with Gasteiger partial charge >= 0.3 is 0 Å². The Balaban J connectivity index is 2.26. The summed E-state index contributed by atoms with van der Waals surface area (Å²) in [6.07, 6.45) is 1.73. The van der Waals surface area contributed by atoms with Crippen LogP contribution in [0.4, 0.5) is 5.82 Å². The molecule has 0 aliphatic carbocycles. The Morgan fingerprint density at radius 2 is 2.26 bits per heavy atom. The monoisotopic (exact) mass is 325 g/mol. The predicted octanol–water partition coefficient (Wildman–Crippen LogP) is 2.15. The van der Waals surface area contributed by atoms with Crippen molar-refractivity contribution in [3.63, 3.8) is 0 Å². The molecule has 0 radical (unpaired) electrons. The molecule has 0 saturated carbocycles. The number of carbonyl (C=O) groups excluding carboxylic acids is 1. The Labute approximate surface area is 118 Å². The number of aryl methyl sites for hydroxylation is 1. The number of anilines is 1. The molecule has 7 heteroatoms. The third-order valence-electron chi connectivity index (χ3n) is 2.47. The minimum atomic E-state index is -0.335. The van der Waals surface area contributed by atoms with E-state index >= 15 is 0 Å². The number of amides is 1. The fraction of sp³-hybridized carbons (Fsp3) is 0.167. The lowest BCUT2D eigenvalue weighted by atomic mass is 10.2. The summed E-state index contributed by atoms with van der Waals surface area (Å²) < 4.78 is 6.96. The number of methoxy groups -OCH3 is 1. The number of phenolic OH excluding ortho intramolecular Hbond substituents is 1. The molecule has 0 aliphatic heterocycles. The molecule has 0 fully saturated rings. The first-order valence-electron chi connectivity index (χ1n) is 5.38. The average molecular weight is 326 g/mol. The molecule has 19 heavy (non-hydrogen) atoms. The smallest absolute Gasteiger partial charge is 0.257 e. The molecule has 0 unspecified atom stereocenters. The number of benzene rings is 1. The summed E-state index contributed by atoms with van der Waals surface area (Å²) >= 11 is 3.17. The number of phenols is 1. The van der Waals surface area contributed by atoms with E-state index in [4.69, 9.17) is 4.74 Å². The molecular weight excluding hydrogens is 314 g/mol. The van der Waals surface area contributed by atoms with Gasteiger partial charge in [-0.25, -0.2) is 0 Å². The van der Waals surface area contributed by atoms with E-state index < -0.39 is 0 Å². The summed E-state index contributed by atoms with van der Waals surface area (Å²) in [7, 11) is 3.18. The third kappa shape index (κ3) is 2.87. The van der Waals surface area contributed by atoms with Crippen LogP contribution in [0.1, 0.15) is 10.4 Å². The second kappa shape index (κ2) is 5.31. The molecule has 1 amide bonds. The van der Waals surface area contributed by atoms with Crippen molar-refractivity contribution in [2.75, 3.05) is 12.4 Å². The molecular formula is C12H12BrN3O3. The van der Waals surface area contributed by atoms with Gasteiger partial charge in [0, 0.05) is 24.9 Å². The van der Waals surface area contributed by atoms with Gasteiger partial charge in [0.15, 0.2) is 17.3 Å². The minimum Gasteiger partial charge on any atom is -0.503 e. The molecule has 2 rings (SSSR count). The van der Waals surface area contributed by atoms with E-state index in [2.05, 4.69) is 26.3 Å². The largest absolute Gasteiger partial charge is 0.503 e. The van der Waals surface area contributed by atoms with Crippen LogP contribution < -0.4 is 10.1 Å². The van der Waals surface area contributed by atoms with Crippen LogP contribution in [0.15, 0.2) is 28.9 Å². The summed E-state index contributed by atoms with van der Waals surface area (Å²) in [5.41, 5.74) is 0.354. The van der Waals surface area contributed by atoms with Crippen molar-refractivity contribution in [1.82, 2.24) is 9.78 Å². The Morgan fingerprint density at radius 1 is 1.53 bits per heavy atom. The van der Waals surface area contributed by atoms with Crippen LogP contribution in [0.2, 0.25) is 0 Å². The quantitative estimate of drug-likeness (QED) is 0.906. The number of rotatable bonds is 3. The zero-order chi connectivity index (χ0) is 14.0. The lowest BCUT2D eigenvalue weighted by molar-refractivity contribution is 0.102. The van der Waals surface area contributed by atoms with Crippen LogP contribution >= 0.6 is 15.9 Å². The zero-order valence-electron chi connectivity index (χ0n) is 10.3. The Hall–Kier alpha value is -2.02. The number of aromatic hydroxyl groups is 1. The molecule has 100 valence electrons. The van der Waals surface area contributed by atoms with E-state index in [1.165, 1.54) is 19.2 Å². The lowest BCUT2D eigenvalue weighted by Gasteiger charge is -2.08. The highest BCUT2D eigenvalue weighted by molar-refractivity contribution is 9.10. The molecule has 1 heterocycles. The van der Waals surface area contributed by atoms with Gasteiger partial charge in [-0.3, -0.25) is 9.48 Å². The fourth-order valence-electron chi connectivity index (χ4n) is 1.53. The van der Waals surface area contributed by atoms with Gasteiger partial charge in [0.25, 0.3) is 5.91 Å². The van der Waals surface area contributed by atoms with Crippen LogP contribution in [0.5, 0.6) is 11.5 Å². The van der Waals surface area contributed by atoms with E-state index in [-0.39, 0.29) is 17.4 Å². The number of nitrogens with one attached hydrogen (secondary N) is 1. The predicted molar refractivity (Wildman–Crippen MR) is 73.5 cm³/mol. The van der Waals surface area contributed by atoms with Gasteiger partial charge in [-0.05, 0) is 28.1 Å². The van der Waals surface area contributed by atoms with E-state index in [0.717, 1.165) is 0 Å². The molecule has 0 saturated heterocycles. The highest BCUT2D eigenvalue weighted by Gasteiger charge is 2.14. The highest BCUT2D eigenvalue weighted by atomic mass is 79.9. The number of halogens is 1. The maximum absolute atomic E-state index is 12.0. The standard InChI is InChI=1S/C12H12BrN3O3/c1-16-4-3-10(15-16)14-12(18)7-5-8(13)11(17)9(6-7)19-2/h3-6,17H,1-2H3,(H,14,15,18). The molecule has 2 aromatic rings. The van der Waals surface area contributed by atoms with Gasteiger partial charge in [-0.15, -0.1) is 0 Å². The first-order chi connectivity index (χ1) is 9.01. The van der Waals surface area contributed by atoms with Gasteiger partial charge in [-0.2, -0.15) is 5.10 Å². The number of ether oxygens (including phenoxy) is 1. The van der Waals surface area contributed by atoms with Crippen LogP contribution in [0.3, 0.4) is 0 Å². The summed E-state index contributed by atoms with van der Waals surface area (Å²) in [5.74, 6) is 0.297. The molecule has 0 bridgehead atoms. The maximum Gasteiger partial charge on any atom is 0.257 e. The van der Waals surface area contributed by atoms with Gasteiger partial charge in [0.05, 0.1) is 11.6 Å². The van der Waals surface area contributed by atoms with Crippen molar-refractivity contribution in [2.24, 2.45) is 7.05 Å². The van der Waals surface area contributed by atoms with E-state index in [9.17, 15) is 9.90 Å². The number of hydrogen-bond donors (Lipinski definition) is 2. The maximum atomic E-state index is 12.0. The van der Waals surface area contributed by atoms with Crippen molar-refractivity contribution < 1.29 is 14.6 Å². The summed E-state index contributed by atoms with van der Waals surface area (Å²) in [5, 5.41) is 16.4. The van der Waals surface area contributed by atoms with Crippen LogP contribution in [0.25, 0.3) is 0 Å². The molecule has 2 N–H and O–H groups in total. The Bertz CT molecular complexity index is 625. The molecule has 0 aliphatic rings. The second-order valence-corrected chi connectivity index (χ2v) is 4.69. The molecule has 0 spiro atoms. The van der Waals surface area contributed by atoms with Crippen molar-refractivity contribution in [3.05, 3.63) is 34.4 Å². The van der Waals surface area contributed by atoms with Gasteiger partial charge in [0.2, 0.25) is 0 Å². The Kier molecular flexibility index (Phi) is 3.75. The highest BCUT2D eigenvalue weighted by Crippen LogP contribution is 2.35. The van der Waals surface area contributed by atoms with E-state index in [1.54, 1.807) is 24.0 Å². The van der Waals surface area contributed by atoms with Crippen LogP contribution in [-0.4, -0.2) is 27.9 Å². The van der Waals surface area contributed by atoms with Crippen molar-refractivity contribution in [3.8, 4) is 11.5 Å². The first-order valence-corrected chi connectivity index (χ1v) is 6.18. The number of nitrogens with zero attached hydrogens (tertiary/aromatic N) is 2. The van der Waals surface area contributed by atoms with Crippen LogP contribution in [0, 0.1) is 0 Å². The molecule has 1 aromatic heterocycles. The third-order valence-corrected chi connectivity index (χ3v) is 3.07. The summed E-state index contributed by atoms with van der Waals surface area (Å²) in [6.45, 7) is 0. The number of hydrogen-bond acceptors (Lipinski definition) is 4. The van der Waals surface area contributed by atoms with Gasteiger partial charge in [-0.1, -0.05) is 0 Å². The van der Waals surface area contributed by atoms with Crippen LogP contribution in [-0.2, 0) is 7.05 Å². The summed E-state index contributed by atoms with van der Waals surface area (Å²) in [6, 6.07) is 4.65. The second-order valence-electron chi connectivity index (χ2n) is 3.84. The number of aromatic nitrogens is 2. The minimum absolute atomic E-state index is 0.0445. The Morgan fingerprint density at radius 3 is 2.84 bits per heavy atom. The molecule has 6 nitrogen and oxygen atoms in total. The lowest BCUT2D eigenvalue weighted by Crippen LogP contribution is -2.12. The number of carbonyl (C=O) groups is 1. The van der Waals surface area contributed by atoms with Gasteiger partial charge < -0.3 is 15.2 Å². The topological polar surface area (TPSA) is 76.4 Å². The van der Waals surface area contributed by atoms with Crippen molar-refractivity contribution in [1.29, 1.82) is 0 Å². The van der Waals surface area contributed by atoms with Crippen molar-refractivity contribution in [2.45, 2.75) is 0 Å². The molecule has 1 aromatic carbocycles. The first kappa shape index (κ1) is 13.4. The fourth-order valence-corrected chi connectivity index (χ4v) is 1.97. The normalized spacial score (nSPS) is 10.3. The van der Waals surface area contributed by atoms with Gasteiger partial charge in [0.1, 0.15) is 0 Å². The SMILES string of the molecule is COc1cc(C(=O)Nc2ccn(C)n2)cc(Br)c1O.